The van der Waals surface area contributed by atoms with Gasteiger partial charge >= 0.3 is 0 Å². The van der Waals surface area contributed by atoms with Gasteiger partial charge in [0.05, 0.1) is 24.8 Å². The van der Waals surface area contributed by atoms with Gasteiger partial charge in [0.1, 0.15) is 5.82 Å². The number of nitrogens with zero attached hydrogens (tertiary/aromatic N) is 1. The molecule has 0 saturated carbocycles. The lowest BCUT2D eigenvalue weighted by atomic mass is 10.2. The molecule has 0 atom stereocenters. The summed E-state index contributed by atoms with van der Waals surface area (Å²) in [4.78, 5) is 16.2. The third kappa shape index (κ3) is 2.94. The number of amides is 1. The van der Waals surface area contributed by atoms with Crippen molar-refractivity contribution in [3.05, 3.63) is 23.9 Å². The predicted octanol–water partition coefficient (Wildman–Crippen LogP) is 1.03. The fourth-order valence-corrected chi connectivity index (χ4v) is 1.56. The lowest BCUT2D eigenvalue weighted by molar-refractivity contribution is -0.00345. The second-order valence-corrected chi connectivity index (χ2v) is 4.41. The zero-order valence-corrected chi connectivity index (χ0v) is 10.1. The summed E-state index contributed by atoms with van der Waals surface area (Å²) < 4.78 is 5.02. The molecule has 1 aromatic heterocycles. The van der Waals surface area contributed by atoms with Gasteiger partial charge < -0.3 is 15.4 Å². The van der Waals surface area contributed by atoms with E-state index in [1.807, 2.05) is 13.8 Å². The molecular weight excluding hydrogens is 218 g/mol. The van der Waals surface area contributed by atoms with E-state index in [1.54, 1.807) is 18.3 Å². The summed E-state index contributed by atoms with van der Waals surface area (Å²) in [5.74, 6) is 0.523. The van der Waals surface area contributed by atoms with E-state index < -0.39 is 0 Å². The van der Waals surface area contributed by atoms with Crippen LogP contribution in [-0.2, 0) is 4.74 Å². The molecule has 1 aliphatic rings. The second kappa shape index (κ2) is 5.14. The van der Waals surface area contributed by atoms with Crippen molar-refractivity contribution >= 4 is 11.7 Å². The molecule has 5 nitrogen and oxygen atoms in total. The maximum atomic E-state index is 12.0. The molecule has 0 spiro atoms. The van der Waals surface area contributed by atoms with E-state index in [4.69, 9.17) is 4.74 Å². The fraction of sp³-hybridized carbons (Fsp3) is 0.500. The van der Waals surface area contributed by atoms with Crippen LogP contribution in [0, 0.1) is 0 Å². The first-order valence-corrected chi connectivity index (χ1v) is 5.77. The van der Waals surface area contributed by atoms with Gasteiger partial charge in [-0.2, -0.15) is 0 Å². The van der Waals surface area contributed by atoms with Gasteiger partial charge in [0.15, 0.2) is 0 Å². The number of anilines is 1. The topological polar surface area (TPSA) is 63.2 Å². The van der Waals surface area contributed by atoms with E-state index in [1.165, 1.54) is 0 Å². The van der Waals surface area contributed by atoms with E-state index in [2.05, 4.69) is 15.6 Å². The molecule has 2 heterocycles. The average molecular weight is 235 g/mol. The van der Waals surface area contributed by atoms with E-state index in [-0.39, 0.29) is 18.0 Å². The molecule has 2 rings (SSSR count). The Morgan fingerprint density at radius 1 is 1.53 bits per heavy atom. The van der Waals surface area contributed by atoms with E-state index in [9.17, 15) is 4.79 Å². The quantitative estimate of drug-likeness (QED) is 0.818. The molecule has 1 aliphatic heterocycles. The standard InChI is InChI=1S/C12H17N3O2/c1-8(2)14-11-10(4-3-5-13-11)12(16)15-9-6-17-7-9/h3-5,8-9H,6-7H2,1-2H3,(H,13,14)(H,15,16). The van der Waals surface area contributed by atoms with Crippen molar-refractivity contribution in [1.29, 1.82) is 0 Å². The Kier molecular flexibility index (Phi) is 3.58. The summed E-state index contributed by atoms with van der Waals surface area (Å²) in [5, 5.41) is 6.06. The number of hydrogen-bond donors (Lipinski definition) is 2. The van der Waals surface area contributed by atoms with Crippen molar-refractivity contribution in [2.75, 3.05) is 18.5 Å². The van der Waals surface area contributed by atoms with Crippen molar-refractivity contribution in [2.45, 2.75) is 25.9 Å². The highest BCUT2D eigenvalue weighted by Crippen LogP contribution is 2.13. The van der Waals surface area contributed by atoms with Gasteiger partial charge in [0.2, 0.25) is 0 Å². The Labute approximate surface area is 101 Å². The number of carbonyl (C=O) groups is 1. The normalized spacial score (nSPS) is 15.5. The lowest BCUT2D eigenvalue weighted by Crippen LogP contribution is -2.48. The van der Waals surface area contributed by atoms with Crippen LogP contribution >= 0.6 is 0 Å². The van der Waals surface area contributed by atoms with Crippen molar-refractivity contribution in [3.8, 4) is 0 Å². The Bertz CT molecular complexity index is 402. The first kappa shape index (κ1) is 11.9. The first-order valence-electron chi connectivity index (χ1n) is 5.77. The van der Waals surface area contributed by atoms with Crippen LogP contribution in [0.15, 0.2) is 18.3 Å². The molecule has 2 N–H and O–H groups in total. The summed E-state index contributed by atoms with van der Waals surface area (Å²) in [7, 11) is 0. The SMILES string of the molecule is CC(C)Nc1ncccc1C(=O)NC1COC1. The van der Waals surface area contributed by atoms with Crippen LogP contribution < -0.4 is 10.6 Å². The van der Waals surface area contributed by atoms with Crippen LogP contribution in [0.1, 0.15) is 24.2 Å². The van der Waals surface area contributed by atoms with E-state index in [0.717, 1.165) is 0 Å². The minimum Gasteiger partial charge on any atom is -0.377 e. The Morgan fingerprint density at radius 2 is 2.29 bits per heavy atom. The van der Waals surface area contributed by atoms with E-state index in [0.29, 0.717) is 24.6 Å². The third-order valence-electron chi connectivity index (χ3n) is 2.45. The highest BCUT2D eigenvalue weighted by Gasteiger charge is 2.22. The molecule has 1 saturated heterocycles. The van der Waals surface area contributed by atoms with Crippen molar-refractivity contribution in [3.63, 3.8) is 0 Å². The molecule has 0 bridgehead atoms. The van der Waals surface area contributed by atoms with Gasteiger partial charge in [-0.05, 0) is 26.0 Å². The summed E-state index contributed by atoms with van der Waals surface area (Å²) in [6.45, 7) is 5.21. The van der Waals surface area contributed by atoms with Crippen LogP contribution in [0.4, 0.5) is 5.82 Å². The number of pyridine rings is 1. The molecule has 1 fully saturated rings. The maximum absolute atomic E-state index is 12.0. The van der Waals surface area contributed by atoms with Gasteiger partial charge in [-0.15, -0.1) is 0 Å². The van der Waals surface area contributed by atoms with Gasteiger partial charge in [-0.25, -0.2) is 4.98 Å². The van der Waals surface area contributed by atoms with Crippen molar-refractivity contribution in [1.82, 2.24) is 10.3 Å². The Hall–Kier alpha value is -1.62. The van der Waals surface area contributed by atoms with Crippen molar-refractivity contribution in [2.24, 2.45) is 0 Å². The summed E-state index contributed by atoms with van der Waals surface area (Å²) in [6, 6.07) is 3.91. The van der Waals surface area contributed by atoms with Gasteiger partial charge in [0.25, 0.3) is 5.91 Å². The number of hydrogen-bond acceptors (Lipinski definition) is 4. The second-order valence-electron chi connectivity index (χ2n) is 4.41. The molecule has 1 aromatic rings. The lowest BCUT2D eigenvalue weighted by Gasteiger charge is -2.27. The fourth-order valence-electron chi connectivity index (χ4n) is 1.56. The van der Waals surface area contributed by atoms with E-state index >= 15 is 0 Å². The van der Waals surface area contributed by atoms with Crippen LogP contribution in [0.25, 0.3) is 0 Å². The van der Waals surface area contributed by atoms with Crippen LogP contribution in [0.3, 0.4) is 0 Å². The molecule has 1 amide bonds. The van der Waals surface area contributed by atoms with Crippen molar-refractivity contribution < 1.29 is 9.53 Å². The molecule has 0 aromatic carbocycles. The minimum absolute atomic E-state index is 0.102. The number of rotatable bonds is 4. The van der Waals surface area contributed by atoms with Gasteiger partial charge in [0, 0.05) is 12.2 Å². The molecule has 17 heavy (non-hydrogen) atoms. The minimum atomic E-state index is -0.102. The molecule has 0 aliphatic carbocycles. The molecule has 5 heteroatoms. The molecule has 0 radical (unpaired) electrons. The maximum Gasteiger partial charge on any atom is 0.255 e. The number of carbonyl (C=O) groups excluding carboxylic acids is 1. The van der Waals surface area contributed by atoms with Crippen LogP contribution in [0.5, 0.6) is 0 Å². The third-order valence-corrected chi connectivity index (χ3v) is 2.45. The highest BCUT2D eigenvalue weighted by molar-refractivity contribution is 5.98. The predicted molar refractivity (Wildman–Crippen MR) is 65.1 cm³/mol. The zero-order chi connectivity index (χ0) is 12.3. The van der Waals surface area contributed by atoms with Crippen LogP contribution in [0.2, 0.25) is 0 Å². The molecule has 0 unspecified atom stereocenters. The Balaban J connectivity index is 2.09. The first-order chi connectivity index (χ1) is 8.16. The Morgan fingerprint density at radius 3 is 2.88 bits per heavy atom. The number of nitrogens with one attached hydrogen (secondary N) is 2. The molecular formula is C12H17N3O2. The largest absolute Gasteiger partial charge is 0.377 e. The van der Waals surface area contributed by atoms with Gasteiger partial charge in [-0.3, -0.25) is 4.79 Å². The summed E-state index contributed by atoms with van der Waals surface area (Å²) in [6.07, 6.45) is 1.67. The summed E-state index contributed by atoms with van der Waals surface area (Å²) >= 11 is 0. The average Bonchev–Trinajstić information content (AvgIpc) is 2.23. The number of aromatic nitrogens is 1. The van der Waals surface area contributed by atoms with Gasteiger partial charge in [-0.1, -0.05) is 0 Å². The van der Waals surface area contributed by atoms with Crippen LogP contribution in [-0.4, -0.2) is 36.2 Å². The zero-order valence-electron chi connectivity index (χ0n) is 10.1. The summed E-state index contributed by atoms with van der Waals surface area (Å²) in [5.41, 5.74) is 0.577. The monoisotopic (exact) mass is 235 g/mol. The smallest absolute Gasteiger partial charge is 0.255 e. The molecule has 92 valence electrons. The highest BCUT2D eigenvalue weighted by atomic mass is 16.5. The number of ether oxygens (including phenoxy) is 1.